The number of guanidine groups is 1. The predicted octanol–water partition coefficient (Wildman–Crippen LogP) is -6.05. The lowest BCUT2D eigenvalue weighted by molar-refractivity contribution is -0.167. The van der Waals surface area contributed by atoms with Crippen LogP contribution < -0.4 is 43.8 Å². The number of nitrogens with zero attached hydrogens (tertiary/aromatic N) is 5. The number of aldehydes is 6. The summed E-state index contributed by atoms with van der Waals surface area (Å²) < 4.78 is 0. The van der Waals surface area contributed by atoms with E-state index in [-0.39, 0.29) is 75.9 Å². The lowest BCUT2D eigenvalue weighted by Crippen LogP contribution is -2.75. The highest BCUT2D eigenvalue weighted by molar-refractivity contribution is 5.96. The third-order valence-corrected chi connectivity index (χ3v) is 11.0. The van der Waals surface area contributed by atoms with Crippen LogP contribution in [0.5, 0.6) is 0 Å². The number of aliphatic hydroxyl groups excluding tert-OH is 1. The number of rotatable bonds is 32. The number of carbonyl (C=O) groups is 11. The molecule has 2 rings (SSSR count). The molecule has 67 heavy (non-hydrogen) atoms. The lowest BCUT2D eigenvalue weighted by Gasteiger charge is -2.48. The van der Waals surface area contributed by atoms with Crippen molar-refractivity contribution in [2.75, 3.05) is 39.3 Å². The van der Waals surface area contributed by atoms with Gasteiger partial charge in [-0.05, 0) is 44.4 Å². The summed E-state index contributed by atoms with van der Waals surface area (Å²) in [5.41, 5.74) is 16.8. The molecule has 0 saturated carbocycles. The molecule has 11 atom stereocenters. The van der Waals surface area contributed by atoms with Crippen LogP contribution in [0, 0.1) is 11.8 Å². The fourth-order valence-corrected chi connectivity index (χ4v) is 7.66. The monoisotopic (exact) mass is 952 g/mol. The smallest absolute Gasteiger partial charge is 0.305 e. The van der Waals surface area contributed by atoms with Gasteiger partial charge in [-0.15, -0.1) is 0 Å². The van der Waals surface area contributed by atoms with E-state index in [1.165, 1.54) is 6.92 Å². The summed E-state index contributed by atoms with van der Waals surface area (Å²) in [6, 6.07) is -7.32. The Labute approximate surface area is 388 Å². The minimum absolute atomic E-state index is 0.0359. The number of aliphatic hydroxyl groups is 1. The van der Waals surface area contributed by atoms with Crippen molar-refractivity contribution in [2.24, 2.45) is 34.0 Å². The van der Waals surface area contributed by atoms with Gasteiger partial charge in [-0.2, -0.15) is 0 Å². The van der Waals surface area contributed by atoms with Gasteiger partial charge in [0, 0.05) is 39.3 Å². The number of hydrogen-bond acceptors (Lipinski definition) is 19. The second kappa shape index (κ2) is 28.5. The first-order valence-corrected chi connectivity index (χ1v) is 22.1. The Morgan fingerprint density at radius 2 is 1.22 bits per heavy atom. The van der Waals surface area contributed by atoms with Gasteiger partial charge in [-0.3, -0.25) is 60.3 Å². The molecule has 0 bridgehead atoms. The molecule has 13 N–H and O–H groups in total. The van der Waals surface area contributed by atoms with E-state index in [9.17, 15) is 53.4 Å². The number of carboxylic acid groups (broad SMARTS) is 1. The van der Waals surface area contributed by atoms with Crippen LogP contribution in [0.25, 0.3) is 0 Å². The summed E-state index contributed by atoms with van der Waals surface area (Å²) >= 11 is 0. The summed E-state index contributed by atoms with van der Waals surface area (Å²) in [4.78, 5) is 152. The average Bonchev–Trinajstić information content (AvgIpc) is 3.27. The van der Waals surface area contributed by atoms with Crippen molar-refractivity contribution in [1.29, 1.82) is 0 Å². The fourth-order valence-electron chi connectivity index (χ4n) is 7.66. The molecule has 4 amide bonds. The van der Waals surface area contributed by atoms with Gasteiger partial charge in [0.15, 0.2) is 30.7 Å². The third kappa shape index (κ3) is 17.2. The molecule has 2 fully saturated rings. The van der Waals surface area contributed by atoms with Crippen molar-refractivity contribution in [2.45, 2.75) is 134 Å². The predicted molar refractivity (Wildman–Crippen MR) is 239 cm³/mol. The van der Waals surface area contributed by atoms with Gasteiger partial charge < -0.3 is 71.0 Å². The van der Waals surface area contributed by atoms with E-state index in [1.54, 1.807) is 13.8 Å². The molecule has 26 heteroatoms. The quantitative estimate of drug-likeness (QED) is 0.0130. The SMILES string of the molecule is CC(C)C[C@@H](C=O)N[C@H]1C(=O)N([C@H](C=O)N[C@H](C=O)[C@@H](C)O)CCN1C(=O)[C@H](N[C@H](C=O)CC(C)C)N1CCN(C(=O)[C@@H](CN)N[C@H](C=O)CC(=O)O)[C@@H](N[C@H](C=O)CCCN=C(N)N)C1=O. The first-order chi connectivity index (χ1) is 31.7. The van der Waals surface area contributed by atoms with Crippen LogP contribution in [-0.2, 0) is 52.7 Å². The normalized spacial score (nSPS) is 20.7. The molecule has 2 aliphatic heterocycles. The van der Waals surface area contributed by atoms with Crippen LogP contribution in [0.15, 0.2) is 4.99 Å². The van der Waals surface area contributed by atoms with Gasteiger partial charge in [0.2, 0.25) is 5.91 Å². The Morgan fingerprint density at radius 3 is 1.70 bits per heavy atom. The van der Waals surface area contributed by atoms with E-state index < -0.39 is 116 Å². The van der Waals surface area contributed by atoms with E-state index in [0.717, 1.165) is 19.6 Å². The first-order valence-electron chi connectivity index (χ1n) is 22.1. The minimum atomic E-state index is -1.77. The number of hydrogen-bond donors (Lipinski definition) is 10. The first kappa shape index (κ1) is 57.5. The van der Waals surface area contributed by atoms with Crippen LogP contribution in [0.2, 0.25) is 0 Å². The van der Waals surface area contributed by atoms with Crippen LogP contribution in [0.1, 0.15) is 66.7 Å². The number of aliphatic carboxylic acids is 1. The highest BCUT2D eigenvalue weighted by Crippen LogP contribution is 2.22. The molecule has 26 nitrogen and oxygen atoms in total. The minimum Gasteiger partial charge on any atom is -0.481 e. The summed E-state index contributed by atoms with van der Waals surface area (Å²) in [7, 11) is 0. The second-order valence-corrected chi connectivity index (χ2v) is 17.2. The van der Waals surface area contributed by atoms with Crippen LogP contribution in [0.4, 0.5) is 0 Å². The standard InChI is InChI=1S/C41H69N13O13/c1-23(2)13-27(18-56)48-34-38(65)51(32(22-60)50-31(21-59)25(5)61)9-10-53(34)40(67)36(49-28(19-57)14-24(3)4)54-12-11-52(37(64)30(16-42)46-29(20-58)15-33(62)63)35(39(54)66)47-26(17-55)7-6-8-45-41(43)44/h17-32,34-36,46-50,61H,6-16,42H2,1-5H3,(H,62,63)(H4,43,44,45)/t25-,26+,27+,28+,29+,30-,31-,32-,34-,35-,36-/m1/s1. The molecule has 376 valence electrons. The number of carbonyl (C=O) groups excluding carboxylic acids is 10. The highest BCUT2D eigenvalue weighted by Gasteiger charge is 2.49. The van der Waals surface area contributed by atoms with Crippen molar-refractivity contribution in [3.8, 4) is 0 Å². The maximum Gasteiger partial charge on any atom is 0.305 e. The van der Waals surface area contributed by atoms with Gasteiger partial charge in [0.25, 0.3) is 17.7 Å². The Hall–Kier alpha value is -5.64. The maximum absolute atomic E-state index is 15.2. The molecule has 0 aromatic rings. The van der Waals surface area contributed by atoms with Crippen LogP contribution in [0.3, 0.4) is 0 Å². The maximum atomic E-state index is 15.2. The largest absolute Gasteiger partial charge is 0.481 e. The summed E-state index contributed by atoms with van der Waals surface area (Å²) in [6.45, 7) is 6.69. The van der Waals surface area contributed by atoms with E-state index in [4.69, 9.17) is 17.2 Å². The highest BCUT2D eigenvalue weighted by atomic mass is 16.4. The average molecular weight is 952 g/mol. The summed E-state index contributed by atoms with van der Waals surface area (Å²) in [5, 5.41) is 33.4. The third-order valence-electron chi connectivity index (χ3n) is 11.0. The van der Waals surface area contributed by atoms with E-state index in [1.807, 2.05) is 13.8 Å². The van der Waals surface area contributed by atoms with Gasteiger partial charge in [-0.25, -0.2) is 0 Å². The van der Waals surface area contributed by atoms with E-state index >= 15 is 9.59 Å². The molecule has 0 radical (unpaired) electrons. The van der Waals surface area contributed by atoms with Crippen molar-refractivity contribution in [1.82, 2.24) is 46.2 Å². The van der Waals surface area contributed by atoms with Gasteiger partial charge in [-0.1, -0.05) is 27.7 Å². The second-order valence-electron chi connectivity index (χ2n) is 17.2. The van der Waals surface area contributed by atoms with Gasteiger partial charge in [0.1, 0.15) is 37.6 Å². The lowest BCUT2D eigenvalue weighted by atomic mass is 10.0. The van der Waals surface area contributed by atoms with Crippen LogP contribution >= 0.6 is 0 Å². The number of amides is 4. The number of nitrogens with one attached hydrogen (secondary N) is 5. The Balaban J connectivity index is 2.79. The van der Waals surface area contributed by atoms with Crippen molar-refractivity contribution < 1.29 is 63.0 Å². The molecule has 2 aliphatic rings. The molecule has 0 aromatic heterocycles. The summed E-state index contributed by atoms with van der Waals surface area (Å²) in [6.07, 6.45) is -5.53. The summed E-state index contributed by atoms with van der Waals surface area (Å²) in [5.74, 6) is -5.51. The van der Waals surface area contributed by atoms with Crippen molar-refractivity contribution >= 4 is 73.3 Å². The van der Waals surface area contributed by atoms with Gasteiger partial charge >= 0.3 is 5.97 Å². The van der Waals surface area contributed by atoms with E-state index in [2.05, 4.69) is 31.6 Å². The topological polar surface area (TPSA) is 392 Å². The zero-order valence-electron chi connectivity index (χ0n) is 38.6. The molecular weight excluding hydrogens is 883 g/mol. The molecule has 0 unspecified atom stereocenters. The molecule has 0 spiro atoms. The number of nitrogens with two attached hydrogens (primary N) is 3. The number of piperazine rings is 2. The van der Waals surface area contributed by atoms with Gasteiger partial charge in [0.05, 0.1) is 48.8 Å². The molecular formula is C41H69N13O13. The van der Waals surface area contributed by atoms with E-state index in [0.29, 0.717) is 31.4 Å². The molecule has 2 heterocycles. The fraction of sp³-hybridized carbons (Fsp3) is 0.707. The Kier molecular flexibility index (Phi) is 24.5. The number of aliphatic imine (C=N–C) groups is 1. The van der Waals surface area contributed by atoms with Crippen molar-refractivity contribution in [3.63, 3.8) is 0 Å². The zero-order valence-corrected chi connectivity index (χ0v) is 38.6. The number of carboxylic acids is 1. The zero-order chi connectivity index (χ0) is 50.5. The molecule has 2 saturated heterocycles. The van der Waals surface area contributed by atoms with Crippen molar-refractivity contribution in [3.05, 3.63) is 0 Å². The Morgan fingerprint density at radius 1 is 0.701 bits per heavy atom. The molecule has 0 aliphatic carbocycles. The molecule has 0 aromatic carbocycles. The Bertz CT molecular complexity index is 1750. The van der Waals surface area contributed by atoms with Crippen LogP contribution in [-0.4, -0.2) is 209 Å².